The minimum atomic E-state index is -0.964. The highest BCUT2D eigenvalue weighted by atomic mass is 16.4. The van der Waals surface area contributed by atoms with Gasteiger partial charge in [0, 0.05) is 18.7 Å². The molecule has 1 aromatic carbocycles. The number of aryl methyl sites for hydroxylation is 2. The Labute approximate surface area is 134 Å². The highest BCUT2D eigenvalue weighted by Crippen LogP contribution is 2.20. The average molecular weight is 306 g/mol. The number of benzene rings is 1. The Balaban J connectivity index is 2.12. The number of aromatic nitrogens is 2. The van der Waals surface area contributed by atoms with Crippen LogP contribution in [0.5, 0.6) is 0 Å². The third-order valence-electron chi connectivity index (χ3n) is 3.80. The number of aliphatic carboxylic acids is 1. The summed E-state index contributed by atoms with van der Waals surface area (Å²) in [7, 11) is 0. The van der Waals surface area contributed by atoms with Gasteiger partial charge in [0.05, 0.1) is 11.4 Å². The number of pyridine rings is 1. The van der Waals surface area contributed by atoms with Gasteiger partial charge in [0.1, 0.15) is 5.65 Å². The van der Waals surface area contributed by atoms with E-state index in [-0.39, 0.29) is 0 Å². The number of nitrogens with zero attached hydrogens (tertiary/aromatic N) is 2. The van der Waals surface area contributed by atoms with Crippen molar-refractivity contribution in [3.8, 4) is 0 Å². The molecule has 0 radical (unpaired) electrons. The molecule has 0 aliphatic carbocycles. The first kappa shape index (κ1) is 15.0. The van der Waals surface area contributed by atoms with E-state index in [0.717, 1.165) is 34.2 Å². The fourth-order valence-electron chi connectivity index (χ4n) is 2.74. The SMILES string of the molecule is Cc1cccc(Cc2nc3c(C)cccn3c2/C=C/C(=O)O)c1. The van der Waals surface area contributed by atoms with Gasteiger partial charge in [-0.3, -0.25) is 4.40 Å². The van der Waals surface area contributed by atoms with Gasteiger partial charge in [-0.25, -0.2) is 9.78 Å². The predicted molar refractivity (Wildman–Crippen MR) is 90.6 cm³/mol. The molecule has 2 heterocycles. The number of carboxylic acids is 1. The van der Waals surface area contributed by atoms with Crippen LogP contribution in [0.4, 0.5) is 0 Å². The zero-order valence-corrected chi connectivity index (χ0v) is 13.2. The third-order valence-corrected chi connectivity index (χ3v) is 3.80. The highest BCUT2D eigenvalue weighted by Gasteiger charge is 2.12. The lowest BCUT2D eigenvalue weighted by atomic mass is 10.1. The van der Waals surface area contributed by atoms with Crippen LogP contribution in [-0.2, 0) is 11.2 Å². The number of hydrogen-bond acceptors (Lipinski definition) is 2. The van der Waals surface area contributed by atoms with Crippen molar-refractivity contribution in [3.63, 3.8) is 0 Å². The monoisotopic (exact) mass is 306 g/mol. The summed E-state index contributed by atoms with van der Waals surface area (Å²) < 4.78 is 1.94. The van der Waals surface area contributed by atoms with Crippen molar-refractivity contribution < 1.29 is 9.90 Å². The maximum absolute atomic E-state index is 10.9. The molecule has 4 nitrogen and oxygen atoms in total. The number of carboxylic acid groups (broad SMARTS) is 1. The molecule has 0 spiro atoms. The molecule has 0 unspecified atom stereocenters. The fraction of sp³-hybridized carbons (Fsp3) is 0.158. The number of carbonyl (C=O) groups is 1. The highest BCUT2D eigenvalue weighted by molar-refractivity contribution is 5.85. The van der Waals surface area contributed by atoms with Crippen molar-refractivity contribution in [2.75, 3.05) is 0 Å². The second-order valence-corrected chi connectivity index (χ2v) is 5.67. The zero-order chi connectivity index (χ0) is 16.4. The minimum absolute atomic E-state index is 0.669. The molecular weight excluding hydrogens is 288 g/mol. The van der Waals surface area contributed by atoms with Gasteiger partial charge in [0.15, 0.2) is 0 Å². The first-order chi connectivity index (χ1) is 11.0. The Kier molecular flexibility index (Phi) is 3.98. The molecule has 2 aromatic heterocycles. The van der Waals surface area contributed by atoms with Gasteiger partial charge in [0.2, 0.25) is 0 Å². The molecule has 3 rings (SSSR count). The molecule has 0 saturated heterocycles. The zero-order valence-electron chi connectivity index (χ0n) is 13.2. The fourth-order valence-corrected chi connectivity index (χ4v) is 2.74. The topological polar surface area (TPSA) is 54.6 Å². The average Bonchev–Trinajstić information content (AvgIpc) is 2.84. The van der Waals surface area contributed by atoms with Gasteiger partial charge in [-0.15, -0.1) is 0 Å². The lowest BCUT2D eigenvalue weighted by molar-refractivity contribution is -0.131. The predicted octanol–water partition coefficient (Wildman–Crippen LogP) is 3.64. The first-order valence-electron chi connectivity index (χ1n) is 7.47. The van der Waals surface area contributed by atoms with Crippen molar-refractivity contribution >= 4 is 17.7 Å². The smallest absolute Gasteiger partial charge is 0.328 e. The van der Waals surface area contributed by atoms with Crippen LogP contribution < -0.4 is 0 Å². The molecular formula is C19H18N2O2. The summed E-state index contributed by atoms with van der Waals surface area (Å²) in [6, 6.07) is 12.2. The molecule has 0 bridgehead atoms. The van der Waals surface area contributed by atoms with E-state index in [1.54, 1.807) is 6.08 Å². The molecule has 0 fully saturated rings. The van der Waals surface area contributed by atoms with E-state index in [4.69, 9.17) is 10.1 Å². The van der Waals surface area contributed by atoms with Crippen LogP contribution in [-0.4, -0.2) is 20.5 Å². The van der Waals surface area contributed by atoms with Crippen LogP contribution in [0.2, 0.25) is 0 Å². The maximum atomic E-state index is 10.9. The van der Waals surface area contributed by atoms with E-state index >= 15 is 0 Å². The molecule has 23 heavy (non-hydrogen) atoms. The Bertz CT molecular complexity index is 907. The lowest BCUT2D eigenvalue weighted by Crippen LogP contribution is -1.95. The van der Waals surface area contributed by atoms with Crippen molar-refractivity contribution in [1.29, 1.82) is 0 Å². The number of fused-ring (bicyclic) bond motifs is 1. The van der Waals surface area contributed by atoms with E-state index in [0.29, 0.717) is 6.42 Å². The van der Waals surface area contributed by atoms with E-state index in [9.17, 15) is 4.79 Å². The Morgan fingerprint density at radius 1 is 1.26 bits per heavy atom. The molecule has 1 N–H and O–H groups in total. The van der Waals surface area contributed by atoms with Crippen molar-refractivity contribution in [2.45, 2.75) is 20.3 Å². The molecule has 0 atom stereocenters. The Hall–Kier alpha value is -2.88. The molecule has 3 aromatic rings. The summed E-state index contributed by atoms with van der Waals surface area (Å²) in [5.74, 6) is -0.964. The van der Waals surface area contributed by atoms with Crippen molar-refractivity contribution in [1.82, 2.24) is 9.38 Å². The van der Waals surface area contributed by atoms with Crippen LogP contribution in [0.1, 0.15) is 28.1 Å². The van der Waals surface area contributed by atoms with Crippen LogP contribution in [0, 0.1) is 13.8 Å². The molecule has 4 heteroatoms. The van der Waals surface area contributed by atoms with E-state index < -0.39 is 5.97 Å². The van der Waals surface area contributed by atoms with Crippen LogP contribution in [0.15, 0.2) is 48.7 Å². The van der Waals surface area contributed by atoms with Crippen LogP contribution >= 0.6 is 0 Å². The molecule has 0 saturated carbocycles. The largest absolute Gasteiger partial charge is 0.478 e. The standard InChI is InChI=1S/C19H18N2O2/c1-13-5-3-7-15(11-13)12-16-17(8-9-18(22)23)21-10-4-6-14(2)19(21)20-16/h3-11H,12H2,1-2H3,(H,22,23)/b9-8+. The quantitative estimate of drug-likeness (QED) is 0.749. The van der Waals surface area contributed by atoms with Gasteiger partial charge < -0.3 is 5.11 Å². The Morgan fingerprint density at radius 3 is 2.83 bits per heavy atom. The van der Waals surface area contributed by atoms with Crippen molar-refractivity contribution in [3.05, 3.63) is 76.7 Å². The first-order valence-corrected chi connectivity index (χ1v) is 7.47. The van der Waals surface area contributed by atoms with E-state index in [1.807, 2.05) is 35.7 Å². The van der Waals surface area contributed by atoms with Gasteiger partial charge in [-0.05, 0) is 37.1 Å². The molecule has 0 amide bonds. The molecule has 116 valence electrons. The Morgan fingerprint density at radius 2 is 2.09 bits per heavy atom. The third kappa shape index (κ3) is 3.16. The summed E-state index contributed by atoms with van der Waals surface area (Å²) in [6.07, 6.45) is 5.36. The maximum Gasteiger partial charge on any atom is 0.328 e. The number of imidazole rings is 1. The molecule has 0 aliphatic rings. The summed E-state index contributed by atoms with van der Waals surface area (Å²) in [5, 5.41) is 8.94. The van der Waals surface area contributed by atoms with Crippen LogP contribution in [0.25, 0.3) is 11.7 Å². The summed E-state index contributed by atoms with van der Waals surface area (Å²) in [4.78, 5) is 15.6. The lowest BCUT2D eigenvalue weighted by Gasteiger charge is -2.02. The van der Waals surface area contributed by atoms with Gasteiger partial charge in [0.25, 0.3) is 0 Å². The normalized spacial score (nSPS) is 11.4. The summed E-state index contributed by atoms with van der Waals surface area (Å²) >= 11 is 0. The van der Waals surface area contributed by atoms with Gasteiger partial charge in [-0.2, -0.15) is 0 Å². The summed E-state index contributed by atoms with van der Waals surface area (Å²) in [6.45, 7) is 4.06. The van der Waals surface area contributed by atoms with E-state index in [1.165, 1.54) is 5.56 Å². The number of rotatable bonds is 4. The minimum Gasteiger partial charge on any atom is -0.478 e. The summed E-state index contributed by atoms with van der Waals surface area (Å²) in [5.41, 5.74) is 5.98. The van der Waals surface area contributed by atoms with Crippen molar-refractivity contribution in [2.24, 2.45) is 0 Å². The second-order valence-electron chi connectivity index (χ2n) is 5.67. The van der Waals surface area contributed by atoms with E-state index in [2.05, 4.69) is 25.1 Å². The van der Waals surface area contributed by atoms with Gasteiger partial charge >= 0.3 is 5.97 Å². The number of hydrogen-bond donors (Lipinski definition) is 1. The molecule has 0 aliphatic heterocycles. The van der Waals surface area contributed by atoms with Gasteiger partial charge in [-0.1, -0.05) is 35.9 Å². The second kappa shape index (κ2) is 6.08. The van der Waals surface area contributed by atoms with Crippen LogP contribution in [0.3, 0.4) is 0 Å².